The topological polar surface area (TPSA) is 650 Å². The molecule has 3 rings (SSSR count). The van der Waals surface area contributed by atoms with Gasteiger partial charge in [0.15, 0.2) is 0 Å². The van der Waals surface area contributed by atoms with E-state index in [9.17, 15) is 97.5 Å². The van der Waals surface area contributed by atoms with Crippen LogP contribution in [0.25, 0.3) is 0 Å². The van der Waals surface area contributed by atoms with Crippen molar-refractivity contribution < 1.29 is 97.5 Å². The standard InChI is InChI=1S/C62H110N20O20/c1-35-50(90)76-41(14-2-7-21-68-51(91)36(63)30-83)56(96)73-28-48(88)82-27-13-20-47(82)62(102)80-45(18-6-11-25-72-55(95)40(67)34-87)60(100)78-44(17-5-10-24-71-54(94)39(66)33-86)59(99)77-42(15-3-8-22-69-52(92)37(64)31-84)57(97)74-29-49(89)81-26-12-19-46(81)61(101)79-43(58(98)75-35)16-4-9-23-70-53(93)38(65)32-85/h35-47,83-87H,2-34,63-67H2,1H3,(H,68,91)(H,69,92)(H,70,93)(H,71,94)(H,72,95)(H,73,96)(H,74,97)(H,75,98)(H,76,90)(H,77,99)(H,78,100)(H,79,101)(H,80,102)/t35-,36?,37?,38?,39?,40?,41-,42-,43-,44-,45-,46-,47-/m0/s1. The molecule has 40 nitrogen and oxygen atoms in total. The molecule has 102 heavy (non-hydrogen) atoms. The summed E-state index contributed by atoms with van der Waals surface area (Å²) < 4.78 is 0. The van der Waals surface area contributed by atoms with Crippen molar-refractivity contribution in [3.8, 4) is 0 Å². The summed E-state index contributed by atoms with van der Waals surface area (Å²) in [7, 11) is 0. The number of aliphatic hydroxyl groups is 5. The number of carbonyl (C=O) groups is 15. The van der Waals surface area contributed by atoms with Gasteiger partial charge in [0.1, 0.15) is 78.5 Å². The Labute approximate surface area is 591 Å². The highest BCUT2D eigenvalue weighted by Crippen LogP contribution is 2.21. The van der Waals surface area contributed by atoms with E-state index in [0.29, 0.717) is 0 Å². The fourth-order valence-corrected chi connectivity index (χ4v) is 11.0. The lowest BCUT2D eigenvalue weighted by Crippen LogP contribution is -2.59. The van der Waals surface area contributed by atoms with Crippen molar-refractivity contribution in [2.75, 3.05) is 91.9 Å². The average Bonchev–Trinajstić information content (AvgIpc) is 1.64. The Morgan fingerprint density at radius 2 is 0.598 bits per heavy atom. The Morgan fingerprint density at radius 1 is 0.363 bits per heavy atom. The molecule has 0 spiro atoms. The lowest BCUT2D eigenvalue weighted by Gasteiger charge is -2.29. The Balaban J connectivity index is 2.15. The quantitative estimate of drug-likeness (QED) is 0.0262. The molecule has 3 heterocycles. The van der Waals surface area contributed by atoms with Crippen molar-refractivity contribution in [1.29, 1.82) is 0 Å². The summed E-state index contributed by atoms with van der Waals surface area (Å²) in [6, 6.07) is -17.3. The molecule has 5 unspecified atom stereocenters. The number of nitrogens with two attached hydrogens (primary N) is 5. The van der Waals surface area contributed by atoms with Crippen LogP contribution >= 0.6 is 0 Å². The average molecular weight is 1460 g/mol. The number of hydrogen-bond donors (Lipinski definition) is 23. The molecule has 578 valence electrons. The molecular weight excluding hydrogens is 1340 g/mol. The number of hydrogen-bond acceptors (Lipinski definition) is 25. The predicted octanol–water partition coefficient (Wildman–Crippen LogP) is -11.8. The summed E-state index contributed by atoms with van der Waals surface area (Å²) in [5.74, 6) is -11.9. The number of rotatable bonds is 35. The molecule has 0 aromatic carbocycles. The van der Waals surface area contributed by atoms with Crippen molar-refractivity contribution in [1.82, 2.24) is 78.9 Å². The van der Waals surface area contributed by atoms with E-state index in [-0.39, 0.29) is 168 Å². The van der Waals surface area contributed by atoms with Gasteiger partial charge in [-0.25, -0.2) is 0 Å². The Morgan fingerprint density at radius 3 is 0.863 bits per heavy atom. The minimum absolute atomic E-state index is 0.00266. The van der Waals surface area contributed by atoms with Crippen molar-refractivity contribution in [2.45, 2.75) is 207 Å². The van der Waals surface area contributed by atoms with Crippen LogP contribution in [0.5, 0.6) is 0 Å². The maximum Gasteiger partial charge on any atom is 0.243 e. The summed E-state index contributed by atoms with van der Waals surface area (Å²) in [6.07, 6.45) is 1.68. The van der Waals surface area contributed by atoms with Crippen LogP contribution in [0.4, 0.5) is 0 Å². The second-order valence-electron chi connectivity index (χ2n) is 25.3. The van der Waals surface area contributed by atoms with Crippen molar-refractivity contribution in [3.63, 3.8) is 0 Å². The number of aliphatic hydroxyl groups excluding tert-OH is 5. The molecule has 40 heteroatoms. The molecule has 0 radical (unpaired) electrons. The predicted molar refractivity (Wildman–Crippen MR) is 362 cm³/mol. The van der Waals surface area contributed by atoms with E-state index in [4.69, 9.17) is 28.7 Å². The van der Waals surface area contributed by atoms with Gasteiger partial charge in [0.25, 0.3) is 0 Å². The molecule has 3 aliphatic rings. The minimum Gasteiger partial charge on any atom is -0.394 e. The summed E-state index contributed by atoms with van der Waals surface area (Å²) in [5, 5.41) is 80.4. The van der Waals surface area contributed by atoms with Gasteiger partial charge in [-0.1, -0.05) is 0 Å². The molecule has 13 atom stereocenters. The molecule has 0 bridgehead atoms. The monoisotopic (exact) mass is 1450 g/mol. The third kappa shape index (κ3) is 31.1. The van der Waals surface area contributed by atoms with Crippen LogP contribution in [0.15, 0.2) is 0 Å². The number of nitrogens with zero attached hydrogens (tertiary/aromatic N) is 2. The summed E-state index contributed by atoms with van der Waals surface area (Å²) in [5.41, 5.74) is 28.2. The third-order valence-electron chi connectivity index (χ3n) is 17.3. The minimum atomic E-state index is -1.52. The summed E-state index contributed by atoms with van der Waals surface area (Å²) in [6.45, 7) is -3.26. The van der Waals surface area contributed by atoms with E-state index in [1.54, 1.807) is 0 Å². The first-order valence-corrected chi connectivity index (χ1v) is 34.8. The van der Waals surface area contributed by atoms with Gasteiger partial charge in [0, 0.05) is 45.8 Å². The highest BCUT2D eigenvalue weighted by Gasteiger charge is 2.40. The van der Waals surface area contributed by atoms with Crippen LogP contribution in [0, 0.1) is 0 Å². The zero-order valence-corrected chi connectivity index (χ0v) is 58.0. The zero-order valence-electron chi connectivity index (χ0n) is 58.0. The second-order valence-corrected chi connectivity index (χ2v) is 25.3. The van der Waals surface area contributed by atoms with Crippen LogP contribution in [0.3, 0.4) is 0 Å². The van der Waals surface area contributed by atoms with E-state index in [1.807, 2.05) is 0 Å². The molecular formula is C62H110N20O20. The maximum absolute atomic E-state index is 14.8. The fraction of sp³-hybridized carbons (Fsp3) is 0.758. The van der Waals surface area contributed by atoms with Gasteiger partial charge in [0.05, 0.1) is 46.1 Å². The van der Waals surface area contributed by atoms with Crippen LogP contribution in [-0.2, 0) is 71.9 Å². The van der Waals surface area contributed by atoms with E-state index in [0.717, 1.165) is 0 Å². The highest BCUT2D eigenvalue weighted by molar-refractivity contribution is 5.99. The van der Waals surface area contributed by atoms with Crippen LogP contribution in [0.1, 0.15) is 129 Å². The summed E-state index contributed by atoms with van der Waals surface area (Å²) in [4.78, 5) is 208. The molecule has 0 aromatic heterocycles. The number of carbonyl (C=O) groups excluding carboxylic acids is 15. The maximum atomic E-state index is 14.8. The lowest BCUT2D eigenvalue weighted by atomic mass is 10.0. The summed E-state index contributed by atoms with van der Waals surface area (Å²) >= 11 is 0. The van der Waals surface area contributed by atoms with Crippen molar-refractivity contribution in [2.24, 2.45) is 28.7 Å². The lowest BCUT2D eigenvalue weighted by molar-refractivity contribution is -0.140. The number of unbranched alkanes of at least 4 members (excludes halogenated alkanes) is 5. The van der Waals surface area contributed by atoms with Gasteiger partial charge < -0.3 is 133 Å². The highest BCUT2D eigenvalue weighted by atomic mass is 16.3. The van der Waals surface area contributed by atoms with Crippen molar-refractivity contribution in [3.05, 3.63) is 0 Å². The third-order valence-corrected chi connectivity index (χ3v) is 17.3. The van der Waals surface area contributed by atoms with E-state index in [2.05, 4.69) is 69.1 Å². The molecule has 15 amide bonds. The van der Waals surface area contributed by atoms with E-state index in [1.165, 1.54) is 16.7 Å². The van der Waals surface area contributed by atoms with Crippen LogP contribution in [0.2, 0.25) is 0 Å². The largest absolute Gasteiger partial charge is 0.394 e. The van der Waals surface area contributed by atoms with Gasteiger partial charge in [-0.3, -0.25) is 71.9 Å². The SMILES string of the molecule is C[C@@H]1NC(=O)[C@H](CCCCNC(=O)C(N)CO)NC(=O)[C@@H]2CCCN2C(=O)CNC(=O)[C@H](CCCCNC(=O)C(N)CO)NC(=O)[C@H](CCCCNC(=O)C(N)CO)NC(=O)[C@H](CCCCNC(=O)C(N)CO)NC(=O)[C@@H]2CCCN2C(=O)CNC(=O)[C@H](CCCCNC(=O)C(N)CO)NC1=O. The molecule has 0 saturated carbocycles. The van der Waals surface area contributed by atoms with E-state index >= 15 is 0 Å². The molecule has 28 N–H and O–H groups in total. The number of nitrogens with one attached hydrogen (secondary N) is 13. The Bertz CT molecular complexity index is 2790. The Kier molecular flexibility index (Phi) is 41.1. The van der Waals surface area contributed by atoms with E-state index < -0.39 is 213 Å². The second kappa shape index (κ2) is 47.8. The van der Waals surface area contributed by atoms with Crippen LogP contribution in [-0.4, -0.2) is 294 Å². The number of fused-ring (bicyclic) bond motifs is 2. The van der Waals surface area contributed by atoms with Crippen LogP contribution < -0.4 is 97.8 Å². The molecule has 0 aliphatic carbocycles. The smallest absolute Gasteiger partial charge is 0.243 e. The zero-order chi connectivity index (χ0) is 75.8. The first-order chi connectivity index (χ1) is 48.6. The normalized spacial score (nSPS) is 23.3. The van der Waals surface area contributed by atoms with Gasteiger partial charge >= 0.3 is 0 Å². The van der Waals surface area contributed by atoms with Gasteiger partial charge in [-0.2, -0.15) is 0 Å². The first-order valence-electron chi connectivity index (χ1n) is 34.8. The van der Waals surface area contributed by atoms with Gasteiger partial charge in [-0.05, 0) is 129 Å². The fourth-order valence-electron chi connectivity index (χ4n) is 11.0. The molecule has 0 aromatic rings. The first kappa shape index (κ1) is 87.9. The Hall–Kier alpha value is -8.35. The molecule has 3 aliphatic heterocycles. The van der Waals surface area contributed by atoms with Gasteiger partial charge in [0.2, 0.25) is 88.6 Å². The van der Waals surface area contributed by atoms with Gasteiger partial charge in [-0.15, -0.1) is 0 Å². The molecule has 3 saturated heterocycles. The van der Waals surface area contributed by atoms with Crippen molar-refractivity contribution >= 4 is 88.6 Å². The number of amides is 15. The molecule has 3 fully saturated rings.